The maximum Gasteiger partial charge on any atom is 0.195 e. The van der Waals surface area contributed by atoms with Gasteiger partial charge in [0.2, 0.25) is 0 Å². The molecule has 0 saturated carbocycles. The maximum absolute atomic E-state index is 13.7. The number of benzene rings is 2. The van der Waals surface area contributed by atoms with Gasteiger partial charge in [-0.25, -0.2) is 4.39 Å². The predicted octanol–water partition coefficient (Wildman–Crippen LogP) is 5.03. The van der Waals surface area contributed by atoms with Crippen molar-refractivity contribution >= 4 is 43.8 Å². The summed E-state index contributed by atoms with van der Waals surface area (Å²) in [5.74, 6) is -0.402. The number of thiophene rings is 1. The van der Waals surface area contributed by atoms with Gasteiger partial charge in [-0.2, -0.15) is 11.3 Å². The molecule has 0 fully saturated rings. The summed E-state index contributed by atoms with van der Waals surface area (Å²) in [5.41, 5.74) is 1.14. The third kappa shape index (κ3) is 2.11. The molecule has 0 atom stereocenters. The molecule has 4 heteroatoms. The van der Waals surface area contributed by atoms with E-state index in [9.17, 15) is 9.18 Å². The van der Waals surface area contributed by atoms with Gasteiger partial charge in [0.05, 0.1) is 0 Å². The molecule has 94 valence electrons. The normalized spacial score (nSPS) is 10.8. The summed E-state index contributed by atoms with van der Waals surface area (Å²) in [6.45, 7) is 0. The Labute approximate surface area is 121 Å². The van der Waals surface area contributed by atoms with Crippen LogP contribution in [0.1, 0.15) is 15.9 Å². The summed E-state index contributed by atoms with van der Waals surface area (Å²) >= 11 is 4.81. The summed E-state index contributed by atoms with van der Waals surface area (Å²) in [6.07, 6.45) is 0. The van der Waals surface area contributed by atoms with Crippen molar-refractivity contribution in [2.75, 3.05) is 0 Å². The third-order valence-corrected chi connectivity index (χ3v) is 4.68. The molecule has 1 nitrogen and oxygen atoms in total. The Morgan fingerprint density at radius 2 is 1.74 bits per heavy atom. The van der Waals surface area contributed by atoms with Crippen LogP contribution in [-0.2, 0) is 0 Å². The molecule has 0 unspecified atom stereocenters. The standard InChI is InChI=1S/C15H8BrFOS/c16-13-8-19-7-12(13)15(18)11-5-6-14(17)10-4-2-1-3-9(10)11/h1-8H. The van der Waals surface area contributed by atoms with Gasteiger partial charge in [-0.15, -0.1) is 0 Å². The van der Waals surface area contributed by atoms with Gasteiger partial charge >= 0.3 is 0 Å². The van der Waals surface area contributed by atoms with Crippen LogP contribution in [0.4, 0.5) is 4.39 Å². The number of hydrogen-bond donors (Lipinski definition) is 0. The van der Waals surface area contributed by atoms with E-state index in [-0.39, 0.29) is 11.6 Å². The first-order valence-corrected chi connectivity index (χ1v) is 7.35. The highest BCUT2D eigenvalue weighted by atomic mass is 79.9. The number of fused-ring (bicyclic) bond motifs is 1. The quantitative estimate of drug-likeness (QED) is 0.600. The molecule has 3 rings (SSSR count). The van der Waals surface area contributed by atoms with Gasteiger partial charge in [-0.05, 0) is 33.4 Å². The second kappa shape index (κ2) is 4.87. The highest BCUT2D eigenvalue weighted by molar-refractivity contribution is 9.10. The molecule has 2 aromatic carbocycles. The van der Waals surface area contributed by atoms with E-state index < -0.39 is 0 Å². The first-order chi connectivity index (χ1) is 9.18. The minimum atomic E-state index is -0.309. The lowest BCUT2D eigenvalue weighted by Gasteiger charge is -2.06. The molecule has 19 heavy (non-hydrogen) atoms. The molecule has 0 spiro atoms. The molecule has 0 radical (unpaired) electrons. The van der Waals surface area contributed by atoms with Crippen LogP contribution in [0.2, 0.25) is 0 Å². The van der Waals surface area contributed by atoms with E-state index in [2.05, 4.69) is 15.9 Å². The molecule has 0 aliphatic rings. The second-order valence-corrected chi connectivity index (χ2v) is 5.70. The minimum Gasteiger partial charge on any atom is -0.289 e. The van der Waals surface area contributed by atoms with Gasteiger partial charge in [-0.1, -0.05) is 24.3 Å². The zero-order valence-electron chi connectivity index (χ0n) is 9.69. The first-order valence-electron chi connectivity index (χ1n) is 5.62. The Bertz CT molecular complexity index is 779. The molecule has 1 aromatic heterocycles. The first kappa shape index (κ1) is 12.5. The summed E-state index contributed by atoms with van der Waals surface area (Å²) in [4.78, 5) is 12.5. The molecule has 1 heterocycles. The third-order valence-electron chi connectivity index (χ3n) is 2.97. The lowest BCUT2D eigenvalue weighted by Crippen LogP contribution is -2.02. The Hall–Kier alpha value is -1.52. The summed E-state index contributed by atoms with van der Waals surface area (Å²) in [7, 11) is 0. The fourth-order valence-electron chi connectivity index (χ4n) is 2.05. The van der Waals surface area contributed by atoms with Gasteiger partial charge in [0.15, 0.2) is 5.78 Å². The van der Waals surface area contributed by atoms with E-state index >= 15 is 0 Å². The lowest BCUT2D eigenvalue weighted by atomic mass is 9.98. The van der Waals surface area contributed by atoms with Crippen LogP contribution in [0.3, 0.4) is 0 Å². The van der Waals surface area contributed by atoms with Gasteiger partial charge < -0.3 is 0 Å². The highest BCUT2D eigenvalue weighted by Gasteiger charge is 2.17. The average molecular weight is 335 g/mol. The van der Waals surface area contributed by atoms with Crippen molar-refractivity contribution in [3.63, 3.8) is 0 Å². The Kier molecular flexibility index (Phi) is 3.21. The summed E-state index contributed by atoms with van der Waals surface area (Å²) in [5, 5.41) is 4.77. The summed E-state index contributed by atoms with van der Waals surface area (Å²) < 4.78 is 14.5. The molecular weight excluding hydrogens is 327 g/mol. The van der Waals surface area contributed by atoms with Crippen LogP contribution in [0.25, 0.3) is 10.8 Å². The molecule has 0 aliphatic heterocycles. The highest BCUT2D eigenvalue weighted by Crippen LogP contribution is 2.28. The molecule has 0 aliphatic carbocycles. The van der Waals surface area contributed by atoms with Crippen LogP contribution < -0.4 is 0 Å². The Morgan fingerprint density at radius 1 is 1.00 bits per heavy atom. The zero-order chi connectivity index (χ0) is 13.4. The van der Waals surface area contributed by atoms with Crippen LogP contribution in [0.15, 0.2) is 51.6 Å². The second-order valence-electron chi connectivity index (χ2n) is 4.10. The van der Waals surface area contributed by atoms with Crippen LogP contribution in [0.5, 0.6) is 0 Å². The van der Waals surface area contributed by atoms with Crippen molar-refractivity contribution in [2.24, 2.45) is 0 Å². The Morgan fingerprint density at radius 3 is 2.42 bits per heavy atom. The fourth-order valence-corrected chi connectivity index (χ4v) is 3.50. The monoisotopic (exact) mass is 334 g/mol. The number of rotatable bonds is 2. The topological polar surface area (TPSA) is 17.1 Å². The Balaban J connectivity index is 2.24. The van der Waals surface area contributed by atoms with Crippen LogP contribution in [0, 0.1) is 5.82 Å². The van der Waals surface area contributed by atoms with Gasteiger partial charge in [-0.3, -0.25) is 4.79 Å². The number of carbonyl (C=O) groups is 1. The number of halogens is 2. The minimum absolute atomic E-state index is 0.0932. The molecular formula is C15H8BrFOS. The van der Waals surface area contributed by atoms with Crippen LogP contribution >= 0.6 is 27.3 Å². The van der Waals surface area contributed by atoms with E-state index in [0.29, 0.717) is 21.9 Å². The van der Waals surface area contributed by atoms with Crippen molar-refractivity contribution in [2.45, 2.75) is 0 Å². The molecule has 0 bridgehead atoms. The summed E-state index contributed by atoms with van der Waals surface area (Å²) in [6, 6.07) is 9.91. The van der Waals surface area contributed by atoms with E-state index in [1.165, 1.54) is 17.4 Å². The lowest BCUT2D eigenvalue weighted by molar-refractivity contribution is 0.104. The number of ketones is 1. The van der Waals surface area contributed by atoms with Crippen molar-refractivity contribution in [3.8, 4) is 0 Å². The number of hydrogen-bond acceptors (Lipinski definition) is 2. The van der Waals surface area contributed by atoms with E-state index in [0.717, 1.165) is 4.47 Å². The SMILES string of the molecule is O=C(c1cscc1Br)c1ccc(F)c2ccccc12. The molecule has 0 amide bonds. The van der Waals surface area contributed by atoms with Crippen molar-refractivity contribution < 1.29 is 9.18 Å². The van der Waals surface area contributed by atoms with Crippen LogP contribution in [-0.4, -0.2) is 5.78 Å². The average Bonchev–Trinajstić information content (AvgIpc) is 2.85. The molecule has 0 saturated heterocycles. The maximum atomic E-state index is 13.7. The zero-order valence-corrected chi connectivity index (χ0v) is 12.1. The van der Waals surface area contributed by atoms with Crippen molar-refractivity contribution in [1.29, 1.82) is 0 Å². The fraction of sp³-hybridized carbons (Fsp3) is 0. The number of carbonyl (C=O) groups excluding carboxylic acids is 1. The van der Waals surface area contributed by atoms with Gasteiger partial charge in [0.25, 0.3) is 0 Å². The van der Waals surface area contributed by atoms with Gasteiger partial charge in [0.1, 0.15) is 5.82 Å². The predicted molar refractivity (Wildman–Crippen MR) is 79.4 cm³/mol. The van der Waals surface area contributed by atoms with Crippen molar-refractivity contribution in [3.05, 3.63) is 68.6 Å². The van der Waals surface area contributed by atoms with E-state index in [1.807, 2.05) is 5.38 Å². The smallest absolute Gasteiger partial charge is 0.195 e. The largest absolute Gasteiger partial charge is 0.289 e. The van der Waals surface area contributed by atoms with Crippen molar-refractivity contribution in [1.82, 2.24) is 0 Å². The van der Waals surface area contributed by atoms with Gasteiger partial charge in [0, 0.05) is 31.7 Å². The van der Waals surface area contributed by atoms with E-state index in [1.54, 1.807) is 35.7 Å². The molecule has 0 N–H and O–H groups in total. The molecule has 3 aromatic rings. The van der Waals surface area contributed by atoms with E-state index in [4.69, 9.17) is 0 Å².